The number of phenols is 1. The summed E-state index contributed by atoms with van der Waals surface area (Å²) < 4.78 is 4.71. The molecule has 1 rings (SSSR count). The molecule has 1 aromatic carbocycles. The van der Waals surface area contributed by atoms with E-state index in [0.29, 0.717) is 5.56 Å². The molecule has 1 N–H and O–H groups in total. The third-order valence-electron chi connectivity index (χ3n) is 1.42. The van der Waals surface area contributed by atoms with Gasteiger partial charge in [-0.05, 0) is 6.07 Å². The number of esters is 1. The summed E-state index contributed by atoms with van der Waals surface area (Å²) >= 11 is 0. The summed E-state index contributed by atoms with van der Waals surface area (Å²) in [7, 11) is 0. The number of carbonyl (C=O) groups excluding carboxylic acids is 1. The van der Waals surface area contributed by atoms with Crippen molar-refractivity contribution in [3.8, 4) is 5.75 Å². The van der Waals surface area contributed by atoms with Crippen LogP contribution in [0, 0.1) is 0 Å². The van der Waals surface area contributed by atoms with Gasteiger partial charge in [-0.1, -0.05) is 18.2 Å². The molecule has 0 bridgehead atoms. The highest BCUT2D eigenvalue weighted by Gasteiger charge is 2.00. The van der Waals surface area contributed by atoms with Crippen molar-refractivity contribution >= 4 is 5.97 Å². The molecule has 0 aliphatic heterocycles. The van der Waals surface area contributed by atoms with Gasteiger partial charge in [0.25, 0.3) is 0 Å². The Kier molecular flexibility index (Phi) is 2.69. The first-order valence-electron chi connectivity index (χ1n) is 3.60. The van der Waals surface area contributed by atoms with Crippen LogP contribution in [0.15, 0.2) is 24.3 Å². The first-order chi connectivity index (χ1) is 5.70. The topological polar surface area (TPSA) is 46.5 Å². The minimum atomic E-state index is -0.349. The lowest BCUT2D eigenvalue weighted by Crippen LogP contribution is -1.98. The van der Waals surface area contributed by atoms with Crippen molar-refractivity contribution in [1.82, 2.24) is 0 Å². The molecule has 0 atom stereocenters. The van der Waals surface area contributed by atoms with Gasteiger partial charge in [0, 0.05) is 12.5 Å². The molecule has 0 aliphatic rings. The quantitative estimate of drug-likeness (QED) is 0.676. The van der Waals surface area contributed by atoms with Gasteiger partial charge in [0.1, 0.15) is 12.4 Å². The van der Waals surface area contributed by atoms with Crippen LogP contribution in [0.2, 0.25) is 0 Å². The molecule has 0 aliphatic carbocycles. The summed E-state index contributed by atoms with van der Waals surface area (Å²) in [4.78, 5) is 10.4. The summed E-state index contributed by atoms with van der Waals surface area (Å²) in [5, 5.41) is 9.23. The number of hydrogen-bond acceptors (Lipinski definition) is 3. The van der Waals surface area contributed by atoms with Gasteiger partial charge >= 0.3 is 5.97 Å². The number of hydrogen-bond donors (Lipinski definition) is 1. The van der Waals surface area contributed by atoms with Crippen LogP contribution in [0.25, 0.3) is 0 Å². The molecule has 0 fully saturated rings. The molecule has 3 nitrogen and oxygen atoms in total. The van der Waals surface area contributed by atoms with Crippen molar-refractivity contribution in [3.63, 3.8) is 0 Å². The molecule has 0 amide bonds. The van der Waals surface area contributed by atoms with Gasteiger partial charge in [0.2, 0.25) is 0 Å². The van der Waals surface area contributed by atoms with E-state index in [1.54, 1.807) is 24.3 Å². The largest absolute Gasteiger partial charge is 0.508 e. The number of para-hydroxylation sites is 1. The fraction of sp³-hybridized carbons (Fsp3) is 0.222. The van der Waals surface area contributed by atoms with E-state index >= 15 is 0 Å². The van der Waals surface area contributed by atoms with E-state index in [0.717, 1.165) is 0 Å². The molecule has 64 valence electrons. The Morgan fingerprint density at radius 2 is 2.17 bits per heavy atom. The smallest absolute Gasteiger partial charge is 0.302 e. The summed E-state index contributed by atoms with van der Waals surface area (Å²) in [5.74, 6) is -0.197. The zero-order chi connectivity index (χ0) is 8.97. The number of rotatable bonds is 2. The van der Waals surface area contributed by atoms with Crippen LogP contribution in [-0.2, 0) is 16.1 Å². The maximum Gasteiger partial charge on any atom is 0.302 e. The Bertz CT molecular complexity index is 281. The van der Waals surface area contributed by atoms with Crippen molar-refractivity contribution in [2.24, 2.45) is 0 Å². The van der Waals surface area contributed by atoms with E-state index in [1.165, 1.54) is 6.92 Å². The molecule has 0 aromatic heterocycles. The lowest BCUT2D eigenvalue weighted by atomic mass is 10.2. The van der Waals surface area contributed by atoms with E-state index in [2.05, 4.69) is 0 Å². The van der Waals surface area contributed by atoms with Gasteiger partial charge in [-0.25, -0.2) is 0 Å². The number of benzene rings is 1. The van der Waals surface area contributed by atoms with Gasteiger partial charge < -0.3 is 9.84 Å². The highest BCUT2D eigenvalue weighted by atomic mass is 16.5. The molecule has 0 radical (unpaired) electrons. The molecule has 1 aromatic rings. The van der Waals surface area contributed by atoms with Gasteiger partial charge in [-0.2, -0.15) is 0 Å². The molecule has 0 spiro atoms. The molecular formula is C9H10O3. The lowest BCUT2D eigenvalue weighted by Gasteiger charge is -2.03. The van der Waals surface area contributed by atoms with Gasteiger partial charge in [-0.3, -0.25) is 4.79 Å². The van der Waals surface area contributed by atoms with E-state index in [1.807, 2.05) is 0 Å². The standard InChI is InChI=1S/C9H10O3/c1-7(10)12-6-8-4-2-3-5-9(8)11/h2-5,11H,6H2,1H3. The Morgan fingerprint density at radius 3 is 2.75 bits per heavy atom. The van der Waals surface area contributed by atoms with E-state index in [4.69, 9.17) is 4.74 Å². The Balaban J connectivity index is 2.63. The summed E-state index contributed by atoms with van der Waals surface area (Å²) in [6, 6.07) is 6.75. The van der Waals surface area contributed by atoms with Crippen LogP contribution in [0.4, 0.5) is 0 Å². The Labute approximate surface area is 70.6 Å². The molecule has 0 unspecified atom stereocenters. The molecular weight excluding hydrogens is 156 g/mol. The van der Waals surface area contributed by atoms with Crippen LogP contribution in [0.1, 0.15) is 12.5 Å². The fourth-order valence-corrected chi connectivity index (χ4v) is 0.812. The summed E-state index contributed by atoms with van der Waals surface area (Å²) in [5.41, 5.74) is 0.618. The first kappa shape index (κ1) is 8.59. The van der Waals surface area contributed by atoms with Crippen molar-refractivity contribution in [2.75, 3.05) is 0 Å². The van der Waals surface area contributed by atoms with Crippen LogP contribution in [-0.4, -0.2) is 11.1 Å². The number of carbonyl (C=O) groups is 1. The van der Waals surface area contributed by atoms with Crippen LogP contribution in [0.3, 0.4) is 0 Å². The second-order valence-corrected chi connectivity index (χ2v) is 2.41. The summed E-state index contributed by atoms with van der Waals surface area (Å²) in [6.07, 6.45) is 0. The zero-order valence-corrected chi connectivity index (χ0v) is 6.78. The molecule has 12 heavy (non-hydrogen) atoms. The van der Waals surface area contributed by atoms with Crippen molar-refractivity contribution in [2.45, 2.75) is 13.5 Å². The Hall–Kier alpha value is -1.51. The van der Waals surface area contributed by atoms with Crippen molar-refractivity contribution < 1.29 is 14.6 Å². The predicted molar refractivity (Wildman–Crippen MR) is 43.6 cm³/mol. The van der Waals surface area contributed by atoms with Gasteiger partial charge in [0.15, 0.2) is 0 Å². The average molecular weight is 166 g/mol. The lowest BCUT2D eigenvalue weighted by molar-refractivity contribution is -0.142. The van der Waals surface area contributed by atoms with Crippen LogP contribution >= 0.6 is 0 Å². The molecule has 0 saturated heterocycles. The first-order valence-corrected chi connectivity index (χ1v) is 3.60. The second kappa shape index (κ2) is 3.76. The van der Waals surface area contributed by atoms with E-state index < -0.39 is 0 Å². The van der Waals surface area contributed by atoms with Crippen molar-refractivity contribution in [3.05, 3.63) is 29.8 Å². The minimum absolute atomic E-state index is 0.127. The Morgan fingerprint density at radius 1 is 1.50 bits per heavy atom. The average Bonchev–Trinajstić information content (AvgIpc) is 2.03. The maximum absolute atomic E-state index is 10.4. The molecule has 0 saturated carbocycles. The van der Waals surface area contributed by atoms with E-state index in [-0.39, 0.29) is 18.3 Å². The fourth-order valence-electron chi connectivity index (χ4n) is 0.812. The summed E-state index contributed by atoms with van der Waals surface area (Å²) in [6.45, 7) is 1.46. The second-order valence-electron chi connectivity index (χ2n) is 2.41. The molecule has 0 heterocycles. The SMILES string of the molecule is CC(=O)OCc1ccccc1O. The number of phenolic OH excluding ortho intramolecular Hbond substituents is 1. The third-order valence-corrected chi connectivity index (χ3v) is 1.42. The predicted octanol–water partition coefficient (Wildman–Crippen LogP) is 1.46. The maximum atomic E-state index is 10.4. The minimum Gasteiger partial charge on any atom is -0.508 e. The monoisotopic (exact) mass is 166 g/mol. The van der Waals surface area contributed by atoms with Gasteiger partial charge in [0.05, 0.1) is 0 Å². The highest BCUT2D eigenvalue weighted by molar-refractivity contribution is 5.66. The molecule has 3 heteroatoms. The van der Waals surface area contributed by atoms with Crippen molar-refractivity contribution in [1.29, 1.82) is 0 Å². The third kappa shape index (κ3) is 2.27. The van der Waals surface area contributed by atoms with E-state index in [9.17, 15) is 9.90 Å². The van der Waals surface area contributed by atoms with Crippen LogP contribution in [0.5, 0.6) is 5.75 Å². The zero-order valence-electron chi connectivity index (χ0n) is 6.78. The number of aromatic hydroxyl groups is 1. The van der Waals surface area contributed by atoms with Crippen LogP contribution < -0.4 is 0 Å². The highest BCUT2D eigenvalue weighted by Crippen LogP contribution is 2.16. The normalized spacial score (nSPS) is 9.42. The number of ether oxygens (including phenoxy) is 1. The van der Waals surface area contributed by atoms with Gasteiger partial charge in [-0.15, -0.1) is 0 Å².